The third-order valence-electron chi connectivity index (χ3n) is 2.04. The average molecular weight is 211 g/mol. The molecule has 1 aromatic rings. The number of anilines is 1. The number of aliphatic imine (C=N–C) groups is 1. The normalized spacial score (nSPS) is 19.4. The molecule has 1 heterocycles. The smallest absolute Gasteiger partial charge is 0.169 e. The van der Waals surface area contributed by atoms with E-state index in [9.17, 15) is 0 Å². The topological polar surface area (TPSA) is 33.6 Å². The molecule has 0 fully saturated rings. The molecule has 1 aliphatic rings. The molecule has 1 aromatic carbocycles. The molecule has 4 heteroatoms. The first-order chi connectivity index (χ1) is 6.86. The van der Waals surface area contributed by atoms with Crippen LogP contribution in [0.2, 0.25) is 5.02 Å². The Bertz CT molecular complexity index is 341. The highest BCUT2D eigenvalue weighted by Gasteiger charge is 2.11. The lowest BCUT2D eigenvalue weighted by atomic mass is 10.3. The van der Waals surface area contributed by atoms with Crippen LogP contribution in [0, 0.1) is 0 Å². The fourth-order valence-corrected chi connectivity index (χ4v) is 1.47. The SMILES string of the molecule is Clc1ccccc1NCC1COC=N1. The van der Waals surface area contributed by atoms with Crippen LogP contribution in [0.25, 0.3) is 0 Å². The molecule has 14 heavy (non-hydrogen) atoms. The maximum atomic E-state index is 5.98. The van der Waals surface area contributed by atoms with Crippen LogP contribution in [0.15, 0.2) is 29.3 Å². The first-order valence-electron chi connectivity index (χ1n) is 4.48. The van der Waals surface area contributed by atoms with Gasteiger partial charge in [0.2, 0.25) is 0 Å². The minimum Gasteiger partial charge on any atom is -0.481 e. The minimum atomic E-state index is 0.200. The van der Waals surface area contributed by atoms with Gasteiger partial charge in [-0.1, -0.05) is 23.7 Å². The van der Waals surface area contributed by atoms with Gasteiger partial charge in [0.15, 0.2) is 6.40 Å². The van der Waals surface area contributed by atoms with Crippen LogP contribution in [-0.4, -0.2) is 25.6 Å². The lowest BCUT2D eigenvalue weighted by Gasteiger charge is -2.10. The maximum Gasteiger partial charge on any atom is 0.169 e. The zero-order chi connectivity index (χ0) is 9.80. The summed E-state index contributed by atoms with van der Waals surface area (Å²) in [4.78, 5) is 4.13. The Morgan fingerprint density at radius 2 is 2.36 bits per heavy atom. The Morgan fingerprint density at radius 3 is 3.07 bits per heavy atom. The number of halogens is 1. The number of nitrogens with zero attached hydrogens (tertiary/aromatic N) is 1. The van der Waals surface area contributed by atoms with E-state index in [0.29, 0.717) is 6.61 Å². The minimum absolute atomic E-state index is 0.200. The zero-order valence-corrected chi connectivity index (χ0v) is 8.37. The molecule has 0 radical (unpaired) electrons. The van der Waals surface area contributed by atoms with Gasteiger partial charge in [-0.15, -0.1) is 0 Å². The van der Waals surface area contributed by atoms with Crippen LogP contribution in [0.4, 0.5) is 5.69 Å². The Hall–Kier alpha value is -1.22. The van der Waals surface area contributed by atoms with Crippen molar-refractivity contribution in [3.05, 3.63) is 29.3 Å². The zero-order valence-electron chi connectivity index (χ0n) is 7.61. The van der Waals surface area contributed by atoms with Crippen LogP contribution in [-0.2, 0) is 4.74 Å². The van der Waals surface area contributed by atoms with Crippen LogP contribution in [0.5, 0.6) is 0 Å². The molecule has 1 aliphatic heterocycles. The Kier molecular flexibility index (Phi) is 2.89. The highest BCUT2D eigenvalue weighted by molar-refractivity contribution is 6.33. The van der Waals surface area contributed by atoms with Crippen molar-refractivity contribution in [1.82, 2.24) is 0 Å². The van der Waals surface area contributed by atoms with E-state index in [4.69, 9.17) is 16.3 Å². The number of para-hydroxylation sites is 1. The van der Waals surface area contributed by atoms with Crippen molar-refractivity contribution in [3.63, 3.8) is 0 Å². The number of hydrogen-bond acceptors (Lipinski definition) is 3. The molecular weight excluding hydrogens is 200 g/mol. The molecule has 0 saturated heterocycles. The molecule has 0 aliphatic carbocycles. The number of ether oxygens (including phenoxy) is 1. The van der Waals surface area contributed by atoms with Crippen molar-refractivity contribution in [3.8, 4) is 0 Å². The van der Waals surface area contributed by atoms with Gasteiger partial charge in [0, 0.05) is 6.54 Å². The van der Waals surface area contributed by atoms with Crippen molar-refractivity contribution in [2.75, 3.05) is 18.5 Å². The van der Waals surface area contributed by atoms with Crippen molar-refractivity contribution in [1.29, 1.82) is 0 Å². The third-order valence-corrected chi connectivity index (χ3v) is 2.37. The lowest BCUT2D eigenvalue weighted by Crippen LogP contribution is -2.19. The molecule has 0 amide bonds. The van der Waals surface area contributed by atoms with Gasteiger partial charge in [0.25, 0.3) is 0 Å². The van der Waals surface area contributed by atoms with Crippen LogP contribution in [0.1, 0.15) is 0 Å². The molecule has 3 nitrogen and oxygen atoms in total. The summed E-state index contributed by atoms with van der Waals surface area (Å²) in [6.45, 7) is 1.40. The van der Waals surface area contributed by atoms with Gasteiger partial charge < -0.3 is 10.1 Å². The summed E-state index contributed by atoms with van der Waals surface area (Å²) in [5.41, 5.74) is 0.941. The fourth-order valence-electron chi connectivity index (χ4n) is 1.27. The third kappa shape index (κ3) is 2.17. The second kappa shape index (κ2) is 4.33. The molecule has 0 aromatic heterocycles. The van der Waals surface area contributed by atoms with E-state index in [-0.39, 0.29) is 6.04 Å². The summed E-state index contributed by atoms with van der Waals surface area (Å²) < 4.78 is 5.01. The molecule has 0 saturated carbocycles. The van der Waals surface area contributed by atoms with E-state index in [1.807, 2.05) is 24.3 Å². The maximum absolute atomic E-state index is 5.98. The van der Waals surface area contributed by atoms with E-state index in [1.54, 1.807) is 0 Å². The molecular formula is C10H11ClN2O. The van der Waals surface area contributed by atoms with Crippen LogP contribution < -0.4 is 5.32 Å². The molecule has 1 unspecified atom stereocenters. The van der Waals surface area contributed by atoms with Crippen molar-refractivity contribution in [2.45, 2.75) is 6.04 Å². The number of nitrogens with one attached hydrogen (secondary N) is 1. The first-order valence-corrected chi connectivity index (χ1v) is 4.86. The van der Waals surface area contributed by atoms with Gasteiger partial charge in [0.1, 0.15) is 12.6 Å². The van der Waals surface area contributed by atoms with Crippen molar-refractivity contribution < 1.29 is 4.74 Å². The Labute approximate surface area is 87.7 Å². The van der Waals surface area contributed by atoms with Crippen molar-refractivity contribution in [2.24, 2.45) is 4.99 Å². The van der Waals surface area contributed by atoms with Crippen LogP contribution >= 0.6 is 11.6 Å². The second-order valence-electron chi connectivity index (χ2n) is 3.10. The van der Waals surface area contributed by atoms with E-state index in [2.05, 4.69) is 10.3 Å². The van der Waals surface area contributed by atoms with E-state index >= 15 is 0 Å². The standard InChI is InChI=1S/C10H11ClN2O/c11-9-3-1-2-4-10(9)12-5-8-6-14-7-13-8/h1-4,7-8,12H,5-6H2. The van der Waals surface area contributed by atoms with Crippen molar-refractivity contribution >= 4 is 23.7 Å². The van der Waals surface area contributed by atoms with Gasteiger partial charge in [-0.05, 0) is 12.1 Å². The van der Waals surface area contributed by atoms with Gasteiger partial charge in [-0.3, -0.25) is 0 Å². The number of rotatable bonds is 3. The van der Waals surface area contributed by atoms with Gasteiger partial charge >= 0.3 is 0 Å². The Balaban J connectivity index is 1.91. The highest BCUT2D eigenvalue weighted by atomic mass is 35.5. The fraction of sp³-hybridized carbons (Fsp3) is 0.300. The predicted molar refractivity (Wildman–Crippen MR) is 58.2 cm³/mol. The second-order valence-corrected chi connectivity index (χ2v) is 3.51. The van der Waals surface area contributed by atoms with Crippen LogP contribution in [0.3, 0.4) is 0 Å². The summed E-state index contributed by atoms with van der Waals surface area (Å²) in [5.74, 6) is 0. The highest BCUT2D eigenvalue weighted by Crippen LogP contribution is 2.20. The van der Waals surface area contributed by atoms with Gasteiger partial charge in [-0.2, -0.15) is 0 Å². The van der Waals surface area contributed by atoms with E-state index in [0.717, 1.165) is 17.3 Å². The number of hydrogen-bond donors (Lipinski definition) is 1. The summed E-state index contributed by atoms with van der Waals surface area (Å²) in [7, 11) is 0. The largest absolute Gasteiger partial charge is 0.481 e. The summed E-state index contributed by atoms with van der Waals surface area (Å²) in [6, 6.07) is 7.86. The average Bonchev–Trinajstić information content (AvgIpc) is 2.69. The summed E-state index contributed by atoms with van der Waals surface area (Å²) >= 11 is 5.98. The van der Waals surface area contributed by atoms with E-state index in [1.165, 1.54) is 6.40 Å². The van der Waals surface area contributed by atoms with Gasteiger partial charge in [0.05, 0.1) is 10.7 Å². The summed E-state index contributed by atoms with van der Waals surface area (Å²) in [6.07, 6.45) is 1.50. The molecule has 74 valence electrons. The summed E-state index contributed by atoms with van der Waals surface area (Å²) in [5, 5.41) is 3.96. The molecule has 1 atom stereocenters. The molecule has 1 N–H and O–H groups in total. The molecule has 2 rings (SSSR count). The molecule has 0 bridgehead atoms. The predicted octanol–water partition coefficient (Wildman–Crippen LogP) is 2.18. The molecule has 0 spiro atoms. The van der Waals surface area contributed by atoms with E-state index < -0.39 is 0 Å². The Morgan fingerprint density at radius 1 is 1.50 bits per heavy atom. The lowest BCUT2D eigenvalue weighted by molar-refractivity contribution is 0.332. The first kappa shape index (κ1) is 9.34. The van der Waals surface area contributed by atoms with Gasteiger partial charge in [-0.25, -0.2) is 4.99 Å². The number of benzene rings is 1. The monoisotopic (exact) mass is 210 g/mol. The quantitative estimate of drug-likeness (QED) is 0.830.